The predicted octanol–water partition coefficient (Wildman–Crippen LogP) is 3.24. The van der Waals surface area contributed by atoms with Crippen LogP contribution in [0.4, 0.5) is 5.69 Å². The largest absolute Gasteiger partial charge is 0.380 e. The second-order valence-electron chi connectivity index (χ2n) is 5.68. The molecule has 1 heterocycles. The fraction of sp³-hybridized carbons (Fsp3) is 0.158. The first kappa shape index (κ1) is 16.0. The highest BCUT2D eigenvalue weighted by Crippen LogP contribution is 2.21. The normalized spacial score (nSPS) is 10.8. The molecule has 0 aliphatic carbocycles. The summed E-state index contributed by atoms with van der Waals surface area (Å²) in [5.41, 5.74) is 3.52. The van der Waals surface area contributed by atoms with Crippen LogP contribution in [0.15, 0.2) is 53.3 Å². The van der Waals surface area contributed by atoms with Gasteiger partial charge in [0.15, 0.2) is 0 Å². The maximum atomic E-state index is 12.3. The Labute approximate surface area is 139 Å². The van der Waals surface area contributed by atoms with Gasteiger partial charge in [-0.2, -0.15) is 0 Å². The Morgan fingerprint density at radius 2 is 2.00 bits per heavy atom. The van der Waals surface area contributed by atoms with Crippen molar-refractivity contribution in [2.75, 3.05) is 12.4 Å². The van der Waals surface area contributed by atoms with E-state index in [-0.39, 0.29) is 11.5 Å². The minimum absolute atomic E-state index is 0.187. The highest BCUT2D eigenvalue weighted by Gasteiger charge is 2.08. The average Bonchev–Trinajstić information content (AvgIpc) is 2.54. The lowest BCUT2D eigenvalue weighted by Gasteiger charge is -2.09. The van der Waals surface area contributed by atoms with Crippen molar-refractivity contribution in [2.24, 2.45) is 0 Å². The molecule has 3 rings (SSSR count). The maximum Gasteiger partial charge on any atom is 0.255 e. The molecule has 1 amide bonds. The van der Waals surface area contributed by atoms with Crippen LogP contribution < -0.4 is 10.9 Å². The van der Waals surface area contributed by atoms with E-state index in [4.69, 9.17) is 4.74 Å². The van der Waals surface area contributed by atoms with Crippen molar-refractivity contribution in [1.82, 2.24) is 4.98 Å². The number of H-pyrrole nitrogens is 1. The number of hydrogen-bond donors (Lipinski definition) is 2. The minimum Gasteiger partial charge on any atom is -0.380 e. The van der Waals surface area contributed by atoms with Gasteiger partial charge in [-0.1, -0.05) is 23.8 Å². The Morgan fingerprint density at radius 1 is 1.17 bits per heavy atom. The molecular formula is C19H18N2O3. The molecule has 0 fully saturated rings. The van der Waals surface area contributed by atoms with Crippen LogP contribution in [0.2, 0.25) is 0 Å². The Balaban J connectivity index is 1.93. The van der Waals surface area contributed by atoms with Crippen LogP contribution in [-0.2, 0) is 11.3 Å². The van der Waals surface area contributed by atoms with E-state index in [2.05, 4.69) is 10.3 Å². The number of methoxy groups -OCH3 is 1. The van der Waals surface area contributed by atoms with Gasteiger partial charge in [0.05, 0.1) is 12.1 Å². The molecule has 0 unspecified atom stereocenters. The van der Waals surface area contributed by atoms with Gasteiger partial charge >= 0.3 is 0 Å². The van der Waals surface area contributed by atoms with Gasteiger partial charge in [-0.15, -0.1) is 0 Å². The number of amides is 1. The Bertz CT molecular complexity index is 960. The van der Waals surface area contributed by atoms with Gasteiger partial charge in [0, 0.05) is 29.8 Å². The molecule has 5 nitrogen and oxygen atoms in total. The number of benzene rings is 2. The van der Waals surface area contributed by atoms with Crippen molar-refractivity contribution >= 4 is 22.5 Å². The molecule has 3 aromatic rings. The first-order chi connectivity index (χ1) is 11.6. The summed E-state index contributed by atoms with van der Waals surface area (Å²) < 4.78 is 5.13. The molecule has 122 valence electrons. The van der Waals surface area contributed by atoms with E-state index in [1.807, 2.05) is 37.3 Å². The number of aromatic amines is 1. The van der Waals surface area contributed by atoms with Crippen LogP contribution in [0.1, 0.15) is 21.5 Å². The summed E-state index contributed by atoms with van der Waals surface area (Å²) in [5.74, 6) is -0.187. The van der Waals surface area contributed by atoms with Gasteiger partial charge in [0.2, 0.25) is 5.56 Å². The van der Waals surface area contributed by atoms with Crippen molar-refractivity contribution in [2.45, 2.75) is 13.5 Å². The number of fused-ring (bicyclic) bond motifs is 1. The van der Waals surface area contributed by atoms with Crippen LogP contribution in [0, 0.1) is 6.92 Å². The molecular weight excluding hydrogens is 304 g/mol. The zero-order valence-electron chi connectivity index (χ0n) is 13.6. The van der Waals surface area contributed by atoms with E-state index < -0.39 is 0 Å². The molecule has 0 saturated heterocycles. The van der Waals surface area contributed by atoms with Gasteiger partial charge < -0.3 is 15.0 Å². The number of rotatable bonds is 4. The van der Waals surface area contributed by atoms with Crippen LogP contribution in [0.3, 0.4) is 0 Å². The third-order valence-electron chi connectivity index (χ3n) is 3.77. The molecule has 0 bridgehead atoms. The molecule has 24 heavy (non-hydrogen) atoms. The van der Waals surface area contributed by atoms with E-state index in [0.29, 0.717) is 23.4 Å². The number of hydrogen-bond acceptors (Lipinski definition) is 3. The van der Waals surface area contributed by atoms with Crippen LogP contribution in [0.25, 0.3) is 10.9 Å². The lowest BCUT2D eigenvalue weighted by atomic mass is 10.1. The quantitative estimate of drug-likeness (QED) is 0.774. The number of aryl methyl sites for hydroxylation is 1. The van der Waals surface area contributed by atoms with Gasteiger partial charge in [-0.25, -0.2) is 0 Å². The molecule has 2 aromatic carbocycles. The van der Waals surface area contributed by atoms with Crippen molar-refractivity contribution < 1.29 is 9.53 Å². The smallest absolute Gasteiger partial charge is 0.255 e. The number of anilines is 1. The van der Waals surface area contributed by atoms with Crippen molar-refractivity contribution in [3.63, 3.8) is 0 Å². The molecule has 0 atom stereocenters. The monoisotopic (exact) mass is 322 g/mol. The maximum absolute atomic E-state index is 12.3. The van der Waals surface area contributed by atoms with Crippen LogP contribution in [0.5, 0.6) is 0 Å². The number of aromatic nitrogens is 1. The fourth-order valence-corrected chi connectivity index (χ4v) is 2.67. The molecule has 5 heteroatoms. The third kappa shape index (κ3) is 3.36. The highest BCUT2D eigenvalue weighted by atomic mass is 16.5. The van der Waals surface area contributed by atoms with Crippen molar-refractivity contribution in [1.29, 1.82) is 0 Å². The lowest BCUT2D eigenvalue weighted by molar-refractivity contribution is 0.102. The van der Waals surface area contributed by atoms with Gasteiger partial charge in [-0.3, -0.25) is 9.59 Å². The summed E-state index contributed by atoms with van der Waals surface area (Å²) in [6.07, 6.45) is 0. The summed E-state index contributed by atoms with van der Waals surface area (Å²) in [5, 5.41) is 3.75. The minimum atomic E-state index is -0.197. The number of carbonyl (C=O) groups excluding carboxylic acids is 1. The number of carbonyl (C=O) groups is 1. The molecule has 0 radical (unpaired) electrons. The molecule has 1 aromatic heterocycles. The fourth-order valence-electron chi connectivity index (χ4n) is 2.67. The zero-order valence-corrected chi connectivity index (χ0v) is 13.6. The Hall–Kier alpha value is -2.92. The Kier molecular flexibility index (Phi) is 4.44. The highest BCUT2D eigenvalue weighted by molar-refractivity contribution is 6.05. The van der Waals surface area contributed by atoms with Gasteiger partial charge in [-0.05, 0) is 36.8 Å². The molecule has 0 spiro atoms. The molecule has 0 aliphatic rings. The number of ether oxygens (including phenoxy) is 1. The van der Waals surface area contributed by atoms with Crippen LogP contribution in [-0.4, -0.2) is 18.0 Å². The molecule has 0 saturated carbocycles. The van der Waals surface area contributed by atoms with E-state index in [1.165, 1.54) is 6.07 Å². The van der Waals surface area contributed by atoms with Crippen LogP contribution >= 0.6 is 0 Å². The Morgan fingerprint density at radius 3 is 2.75 bits per heavy atom. The number of nitrogens with one attached hydrogen (secondary N) is 2. The second kappa shape index (κ2) is 6.68. The lowest BCUT2D eigenvalue weighted by Crippen LogP contribution is -2.12. The van der Waals surface area contributed by atoms with E-state index in [9.17, 15) is 9.59 Å². The number of pyridine rings is 1. The molecule has 2 N–H and O–H groups in total. The molecule has 0 aliphatic heterocycles. The van der Waals surface area contributed by atoms with E-state index in [1.54, 1.807) is 19.2 Å². The topological polar surface area (TPSA) is 71.2 Å². The predicted molar refractivity (Wildman–Crippen MR) is 94.4 cm³/mol. The average molecular weight is 322 g/mol. The van der Waals surface area contributed by atoms with Crippen molar-refractivity contribution in [3.8, 4) is 0 Å². The first-order valence-corrected chi connectivity index (χ1v) is 7.60. The van der Waals surface area contributed by atoms with Crippen molar-refractivity contribution in [3.05, 3.63) is 75.6 Å². The standard InChI is InChI=1S/C19H18N2O3/c1-12-4-3-5-13(8-12)19(23)20-15-6-7-16-14(11-24-2)9-18(22)21-17(16)10-15/h3-10H,11H2,1-2H3,(H,20,23)(H,21,22). The second-order valence-corrected chi connectivity index (χ2v) is 5.68. The summed E-state index contributed by atoms with van der Waals surface area (Å²) in [4.78, 5) is 26.9. The van der Waals surface area contributed by atoms with Gasteiger partial charge in [0.25, 0.3) is 5.91 Å². The van der Waals surface area contributed by atoms with Gasteiger partial charge in [0.1, 0.15) is 0 Å². The summed E-state index contributed by atoms with van der Waals surface area (Å²) in [6, 6.07) is 14.3. The zero-order chi connectivity index (χ0) is 17.1. The first-order valence-electron chi connectivity index (χ1n) is 7.60. The van der Waals surface area contributed by atoms with E-state index >= 15 is 0 Å². The summed E-state index contributed by atoms with van der Waals surface area (Å²) >= 11 is 0. The SMILES string of the molecule is COCc1cc(=O)[nH]c2cc(NC(=O)c3cccc(C)c3)ccc12. The van der Waals surface area contributed by atoms with E-state index in [0.717, 1.165) is 16.5 Å². The third-order valence-corrected chi connectivity index (χ3v) is 3.77. The summed E-state index contributed by atoms with van der Waals surface area (Å²) in [7, 11) is 1.59. The summed E-state index contributed by atoms with van der Waals surface area (Å²) in [6.45, 7) is 2.30.